The van der Waals surface area contributed by atoms with Crippen molar-refractivity contribution in [2.45, 2.75) is 57.5 Å². The van der Waals surface area contributed by atoms with Crippen molar-refractivity contribution in [1.29, 1.82) is 0 Å². The second kappa shape index (κ2) is 7.18. The van der Waals surface area contributed by atoms with Gasteiger partial charge in [0.2, 0.25) is 5.43 Å². The minimum absolute atomic E-state index is 0.130. The number of carbonyl (C=O) groups is 1. The van der Waals surface area contributed by atoms with Gasteiger partial charge in [-0.2, -0.15) is 5.10 Å². The van der Waals surface area contributed by atoms with Crippen LogP contribution in [0.3, 0.4) is 0 Å². The summed E-state index contributed by atoms with van der Waals surface area (Å²) in [5.41, 5.74) is -0.0638. The first-order valence-corrected chi connectivity index (χ1v) is 9.65. The maximum Gasteiger partial charge on any atom is 0.294 e. The van der Waals surface area contributed by atoms with Crippen LogP contribution in [0.5, 0.6) is 0 Å². The van der Waals surface area contributed by atoms with Crippen molar-refractivity contribution in [2.24, 2.45) is 0 Å². The first-order chi connectivity index (χ1) is 13.5. The van der Waals surface area contributed by atoms with Gasteiger partial charge in [0.05, 0.1) is 4.92 Å². The Morgan fingerprint density at radius 2 is 1.82 bits per heavy atom. The third-order valence-corrected chi connectivity index (χ3v) is 5.51. The number of rotatable bonds is 5. The summed E-state index contributed by atoms with van der Waals surface area (Å²) in [5, 5.41) is 15.7. The second-order valence-electron chi connectivity index (χ2n) is 7.54. The molecule has 4 rings (SSSR count). The SMILES string of the molecule is Cc1cc(=O)c(C(=O)N(C2CCCC2)C2CC2)nn1-c1ccccc1[N+](=O)[O-]. The van der Waals surface area contributed by atoms with Crippen LogP contribution in [0.4, 0.5) is 5.69 Å². The third kappa shape index (κ3) is 3.30. The Kier molecular flexibility index (Phi) is 4.70. The Labute approximate surface area is 161 Å². The number of para-hydroxylation sites is 2. The van der Waals surface area contributed by atoms with Crippen molar-refractivity contribution in [1.82, 2.24) is 14.7 Å². The highest BCUT2D eigenvalue weighted by atomic mass is 16.6. The molecule has 146 valence electrons. The lowest BCUT2D eigenvalue weighted by Crippen LogP contribution is -2.43. The van der Waals surface area contributed by atoms with E-state index in [1.807, 2.05) is 4.90 Å². The summed E-state index contributed by atoms with van der Waals surface area (Å²) < 4.78 is 1.33. The zero-order chi connectivity index (χ0) is 19.8. The lowest BCUT2D eigenvalue weighted by Gasteiger charge is -2.28. The van der Waals surface area contributed by atoms with Crippen molar-refractivity contribution in [2.75, 3.05) is 0 Å². The standard InChI is InChI=1S/C20H22N4O4/c1-13-12-18(25)19(20(26)22(15-10-11-15)14-6-2-3-7-14)21-23(13)16-8-4-5-9-17(16)24(27)28/h4-5,8-9,12,14-15H,2-3,6-7,10-11H2,1H3. The molecule has 1 heterocycles. The normalized spacial score (nSPS) is 16.9. The molecule has 1 aromatic heterocycles. The van der Waals surface area contributed by atoms with Gasteiger partial charge >= 0.3 is 0 Å². The molecule has 2 fully saturated rings. The number of carbonyl (C=O) groups excluding carboxylic acids is 1. The van der Waals surface area contributed by atoms with E-state index in [-0.39, 0.29) is 35.1 Å². The highest BCUT2D eigenvalue weighted by Gasteiger charge is 2.40. The Morgan fingerprint density at radius 3 is 2.46 bits per heavy atom. The van der Waals surface area contributed by atoms with E-state index in [9.17, 15) is 19.7 Å². The largest absolute Gasteiger partial charge is 0.331 e. The summed E-state index contributed by atoms with van der Waals surface area (Å²) in [7, 11) is 0. The molecule has 0 unspecified atom stereocenters. The van der Waals surface area contributed by atoms with E-state index in [4.69, 9.17) is 0 Å². The molecule has 0 N–H and O–H groups in total. The van der Waals surface area contributed by atoms with E-state index in [0.29, 0.717) is 5.69 Å². The Balaban J connectivity index is 1.79. The molecule has 0 aliphatic heterocycles. The number of amides is 1. The molecule has 1 amide bonds. The summed E-state index contributed by atoms with van der Waals surface area (Å²) >= 11 is 0. The highest BCUT2D eigenvalue weighted by Crippen LogP contribution is 2.35. The van der Waals surface area contributed by atoms with Gasteiger partial charge in [-0.05, 0) is 38.7 Å². The van der Waals surface area contributed by atoms with Crippen LogP contribution in [0.25, 0.3) is 5.69 Å². The van der Waals surface area contributed by atoms with Crippen LogP contribution < -0.4 is 5.43 Å². The molecular weight excluding hydrogens is 360 g/mol. The van der Waals surface area contributed by atoms with E-state index in [1.165, 1.54) is 16.8 Å². The smallest absolute Gasteiger partial charge is 0.294 e. The number of nitro groups is 1. The van der Waals surface area contributed by atoms with Crippen LogP contribution in [0.2, 0.25) is 0 Å². The van der Waals surface area contributed by atoms with Gasteiger partial charge in [-0.25, -0.2) is 4.68 Å². The number of nitrogens with zero attached hydrogens (tertiary/aromatic N) is 4. The van der Waals surface area contributed by atoms with E-state index in [0.717, 1.165) is 38.5 Å². The highest BCUT2D eigenvalue weighted by molar-refractivity contribution is 5.92. The Bertz CT molecular complexity index is 990. The number of nitro benzene ring substituents is 1. The third-order valence-electron chi connectivity index (χ3n) is 5.51. The maximum atomic E-state index is 13.3. The zero-order valence-corrected chi connectivity index (χ0v) is 15.7. The van der Waals surface area contributed by atoms with Crippen LogP contribution in [-0.4, -0.2) is 37.6 Å². The van der Waals surface area contributed by atoms with E-state index in [2.05, 4.69) is 5.10 Å². The predicted octanol–water partition coefficient (Wildman–Crippen LogP) is 3.00. The number of aryl methyl sites for hydroxylation is 1. The molecule has 0 bridgehead atoms. The average molecular weight is 382 g/mol. The lowest BCUT2D eigenvalue weighted by molar-refractivity contribution is -0.384. The van der Waals surface area contributed by atoms with Gasteiger partial charge in [0.25, 0.3) is 11.6 Å². The molecule has 2 saturated carbocycles. The molecule has 0 spiro atoms. The summed E-state index contributed by atoms with van der Waals surface area (Å²) in [4.78, 5) is 38.6. The Hall–Kier alpha value is -3.03. The van der Waals surface area contributed by atoms with Crippen molar-refractivity contribution < 1.29 is 9.72 Å². The molecule has 8 heteroatoms. The first kappa shape index (κ1) is 18.3. The van der Waals surface area contributed by atoms with Gasteiger partial charge in [0.15, 0.2) is 5.69 Å². The van der Waals surface area contributed by atoms with Crippen LogP contribution in [0, 0.1) is 17.0 Å². The Morgan fingerprint density at radius 1 is 1.18 bits per heavy atom. The quantitative estimate of drug-likeness (QED) is 0.585. The van der Waals surface area contributed by atoms with E-state index < -0.39 is 10.4 Å². The molecule has 2 aliphatic rings. The van der Waals surface area contributed by atoms with Gasteiger partial charge in [0, 0.05) is 29.9 Å². The first-order valence-electron chi connectivity index (χ1n) is 9.65. The van der Waals surface area contributed by atoms with Crippen molar-refractivity contribution in [3.05, 3.63) is 62.1 Å². The number of hydrogen-bond acceptors (Lipinski definition) is 5. The number of hydrogen-bond donors (Lipinski definition) is 0. The zero-order valence-electron chi connectivity index (χ0n) is 15.7. The van der Waals surface area contributed by atoms with Crippen LogP contribution in [0.15, 0.2) is 35.1 Å². The van der Waals surface area contributed by atoms with Gasteiger partial charge in [-0.1, -0.05) is 25.0 Å². The molecule has 28 heavy (non-hydrogen) atoms. The molecule has 0 saturated heterocycles. The summed E-state index contributed by atoms with van der Waals surface area (Å²) in [5.74, 6) is -0.355. The van der Waals surface area contributed by atoms with Crippen LogP contribution in [-0.2, 0) is 0 Å². The van der Waals surface area contributed by atoms with Crippen molar-refractivity contribution >= 4 is 11.6 Å². The molecule has 1 aromatic carbocycles. The molecule has 2 aliphatic carbocycles. The fourth-order valence-electron chi connectivity index (χ4n) is 4.02. The second-order valence-corrected chi connectivity index (χ2v) is 7.54. The maximum absolute atomic E-state index is 13.3. The van der Waals surface area contributed by atoms with Gasteiger partial charge < -0.3 is 4.90 Å². The van der Waals surface area contributed by atoms with Crippen molar-refractivity contribution in [3.8, 4) is 5.69 Å². The lowest BCUT2D eigenvalue weighted by atomic mass is 10.1. The summed E-state index contributed by atoms with van der Waals surface area (Å²) in [6, 6.07) is 7.84. The predicted molar refractivity (Wildman–Crippen MR) is 103 cm³/mol. The van der Waals surface area contributed by atoms with Gasteiger partial charge in [0.1, 0.15) is 5.69 Å². The fourth-order valence-corrected chi connectivity index (χ4v) is 4.02. The van der Waals surface area contributed by atoms with Gasteiger partial charge in [-0.15, -0.1) is 0 Å². The van der Waals surface area contributed by atoms with E-state index >= 15 is 0 Å². The molecule has 8 nitrogen and oxygen atoms in total. The number of benzene rings is 1. The monoisotopic (exact) mass is 382 g/mol. The average Bonchev–Trinajstić information content (AvgIpc) is 3.35. The van der Waals surface area contributed by atoms with E-state index in [1.54, 1.807) is 25.1 Å². The fraction of sp³-hybridized carbons (Fsp3) is 0.450. The molecule has 0 radical (unpaired) electrons. The molecular formula is C20H22N4O4. The van der Waals surface area contributed by atoms with Crippen molar-refractivity contribution in [3.63, 3.8) is 0 Å². The summed E-state index contributed by atoms with van der Waals surface area (Å²) in [6.45, 7) is 1.65. The minimum atomic E-state index is -0.495. The van der Waals surface area contributed by atoms with Crippen LogP contribution >= 0.6 is 0 Å². The van der Waals surface area contributed by atoms with Crippen LogP contribution in [0.1, 0.15) is 54.7 Å². The summed E-state index contributed by atoms with van der Waals surface area (Å²) in [6.07, 6.45) is 5.98. The van der Waals surface area contributed by atoms with Gasteiger partial charge in [-0.3, -0.25) is 19.7 Å². The minimum Gasteiger partial charge on any atom is -0.331 e. The topological polar surface area (TPSA) is 98.3 Å². The molecule has 0 atom stereocenters. The number of aromatic nitrogens is 2. The molecule has 2 aromatic rings.